The Balaban J connectivity index is 1.85. The van der Waals surface area contributed by atoms with Crippen LogP contribution in [0.25, 0.3) is 0 Å². The molecule has 2 unspecified atom stereocenters. The van der Waals surface area contributed by atoms with Crippen LogP contribution >= 0.6 is 0 Å². The minimum absolute atomic E-state index is 0.0429. The van der Waals surface area contributed by atoms with Gasteiger partial charge in [-0.05, 0) is 45.1 Å². The molecular weight excluding hydrogens is 238 g/mol. The standard InChI is InChI=1S/C15H29N3O/c1-10(2)7-14(16)15(19)17-11-8-12-5-4-6-13(9-11)18(12)3/h10-14H,4-9,16H2,1-3H3,(H,17,19)/t11?,12?,13?,14-/m0/s1. The van der Waals surface area contributed by atoms with Gasteiger partial charge in [0.05, 0.1) is 6.04 Å². The summed E-state index contributed by atoms with van der Waals surface area (Å²) >= 11 is 0. The van der Waals surface area contributed by atoms with E-state index < -0.39 is 0 Å². The van der Waals surface area contributed by atoms with Crippen LogP contribution in [0.1, 0.15) is 52.4 Å². The average Bonchev–Trinajstić information content (AvgIpc) is 2.29. The first-order valence-corrected chi connectivity index (χ1v) is 7.75. The van der Waals surface area contributed by atoms with Crippen molar-refractivity contribution in [2.45, 2.75) is 76.5 Å². The molecule has 2 aliphatic rings. The molecule has 2 aliphatic heterocycles. The molecule has 110 valence electrons. The van der Waals surface area contributed by atoms with E-state index in [1.165, 1.54) is 19.3 Å². The summed E-state index contributed by atoms with van der Waals surface area (Å²) in [6, 6.07) is 1.29. The smallest absolute Gasteiger partial charge is 0.237 e. The largest absolute Gasteiger partial charge is 0.352 e. The predicted molar refractivity (Wildman–Crippen MR) is 77.8 cm³/mol. The summed E-state index contributed by atoms with van der Waals surface area (Å²) in [6.07, 6.45) is 6.84. The van der Waals surface area contributed by atoms with Gasteiger partial charge in [0.25, 0.3) is 0 Å². The lowest BCUT2D eigenvalue weighted by Gasteiger charge is -2.47. The monoisotopic (exact) mass is 267 g/mol. The second kappa shape index (κ2) is 6.23. The molecule has 0 aromatic heterocycles. The van der Waals surface area contributed by atoms with Crippen molar-refractivity contribution in [2.24, 2.45) is 11.7 Å². The van der Waals surface area contributed by atoms with Gasteiger partial charge in [-0.3, -0.25) is 4.79 Å². The van der Waals surface area contributed by atoms with Gasteiger partial charge in [0.1, 0.15) is 0 Å². The number of nitrogens with zero attached hydrogens (tertiary/aromatic N) is 1. The van der Waals surface area contributed by atoms with E-state index in [0.717, 1.165) is 19.3 Å². The molecule has 19 heavy (non-hydrogen) atoms. The van der Waals surface area contributed by atoms with Crippen LogP contribution in [0.2, 0.25) is 0 Å². The number of nitrogens with two attached hydrogens (primary N) is 1. The van der Waals surface area contributed by atoms with Gasteiger partial charge >= 0.3 is 0 Å². The Morgan fingerprint density at radius 3 is 2.42 bits per heavy atom. The third-order valence-corrected chi connectivity index (χ3v) is 4.75. The maximum Gasteiger partial charge on any atom is 0.237 e. The third-order valence-electron chi connectivity index (χ3n) is 4.75. The van der Waals surface area contributed by atoms with Gasteiger partial charge in [0.15, 0.2) is 0 Å². The fourth-order valence-electron chi connectivity index (χ4n) is 3.66. The zero-order chi connectivity index (χ0) is 14.0. The topological polar surface area (TPSA) is 58.4 Å². The molecule has 0 radical (unpaired) electrons. The van der Waals surface area contributed by atoms with Gasteiger partial charge in [-0.15, -0.1) is 0 Å². The first kappa shape index (κ1) is 14.8. The molecule has 0 saturated carbocycles. The lowest BCUT2D eigenvalue weighted by Crippen LogP contribution is -2.57. The van der Waals surface area contributed by atoms with Crippen molar-refractivity contribution in [3.63, 3.8) is 0 Å². The number of piperidine rings is 2. The van der Waals surface area contributed by atoms with Crippen molar-refractivity contribution < 1.29 is 4.79 Å². The summed E-state index contributed by atoms with van der Waals surface area (Å²) in [5.74, 6) is 0.513. The fourth-order valence-corrected chi connectivity index (χ4v) is 3.66. The highest BCUT2D eigenvalue weighted by Gasteiger charge is 2.36. The molecule has 2 bridgehead atoms. The van der Waals surface area contributed by atoms with E-state index in [0.29, 0.717) is 24.0 Å². The number of hydrogen-bond donors (Lipinski definition) is 2. The van der Waals surface area contributed by atoms with E-state index in [1.54, 1.807) is 0 Å². The Morgan fingerprint density at radius 1 is 1.32 bits per heavy atom. The first-order chi connectivity index (χ1) is 8.97. The molecule has 4 heteroatoms. The van der Waals surface area contributed by atoms with Crippen LogP contribution in [-0.4, -0.2) is 42.0 Å². The zero-order valence-electron chi connectivity index (χ0n) is 12.6. The van der Waals surface area contributed by atoms with Crippen molar-refractivity contribution in [1.29, 1.82) is 0 Å². The minimum Gasteiger partial charge on any atom is -0.352 e. The van der Waals surface area contributed by atoms with Crippen LogP contribution in [0, 0.1) is 5.92 Å². The van der Waals surface area contributed by atoms with Gasteiger partial charge < -0.3 is 16.0 Å². The number of hydrogen-bond acceptors (Lipinski definition) is 3. The second-order valence-corrected chi connectivity index (χ2v) is 6.82. The van der Waals surface area contributed by atoms with Crippen molar-refractivity contribution in [3.8, 4) is 0 Å². The normalized spacial score (nSPS) is 33.2. The number of nitrogens with one attached hydrogen (secondary N) is 1. The molecule has 3 N–H and O–H groups in total. The summed E-state index contributed by atoms with van der Waals surface area (Å²) in [4.78, 5) is 14.6. The summed E-state index contributed by atoms with van der Waals surface area (Å²) < 4.78 is 0. The van der Waals surface area contributed by atoms with Crippen molar-refractivity contribution in [2.75, 3.05) is 7.05 Å². The van der Waals surface area contributed by atoms with E-state index >= 15 is 0 Å². The Hall–Kier alpha value is -0.610. The molecule has 2 heterocycles. The molecule has 2 fully saturated rings. The van der Waals surface area contributed by atoms with Crippen LogP contribution in [0.15, 0.2) is 0 Å². The maximum atomic E-state index is 12.1. The summed E-state index contributed by atoms with van der Waals surface area (Å²) in [6.45, 7) is 4.21. The van der Waals surface area contributed by atoms with E-state index in [9.17, 15) is 4.79 Å². The van der Waals surface area contributed by atoms with Crippen molar-refractivity contribution in [1.82, 2.24) is 10.2 Å². The Kier molecular flexibility index (Phi) is 4.85. The lowest BCUT2D eigenvalue weighted by molar-refractivity contribution is -0.124. The van der Waals surface area contributed by atoms with Gasteiger partial charge in [0, 0.05) is 18.1 Å². The van der Waals surface area contributed by atoms with Crippen molar-refractivity contribution in [3.05, 3.63) is 0 Å². The molecule has 1 amide bonds. The molecule has 0 aromatic carbocycles. The Labute approximate surface area is 117 Å². The first-order valence-electron chi connectivity index (χ1n) is 7.75. The van der Waals surface area contributed by atoms with Crippen LogP contribution in [0.3, 0.4) is 0 Å². The van der Waals surface area contributed by atoms with E-state index in [2.05, 4.69) is 31.1 Å². The highest BCUT2D eigenvalue weighted by molar-refractivity contribution is 5.81. The minimum atomic E-state index is -0.348. The van der Waals surface area contributed by atoms with Gasteiger partial charge in [-0.25, -0.2) is 0 Å². The summed E-state index contributed by atoms with van der Waals surface area (Å²) in [5, 5.41) is 3.18. The van der Waals surface area contributed by atoms with Crippen LogP contribution in [0.5, 0.6) is 0 Å². The number of carbonyl (C=O) groups excluding carboxylic acids is 1. The van der Waals surface area contributed by atoms with E-state index in [-0.39, 0.29) is 11.9 Å². The molecule has 0 aromatic rings. The Bertz CT molecular complexity index is 305. The SMILES string of the molecule is CC(C)C[C@H](N)C(=O)NC1CC2CCCC(C1)N2C. The molecule has 4 nitrogen and oxygen atoms in total. The van der Waals surface area contributed by atoms with Gasteiger partial charge in [-0.1, -0.05) is 20.3 Å². The second-order valence-electron chi connectivity index (χ2n) is 6.82. The van der Waals surface area contributed by atoms with E-state index in [1.807, 2.05) is 0 Å². The molecule has 0 aliphatic carbocycles. The molecule has 2 saturated heterocycles. The van der Waals surface area contributed by atoms with Gasteiger partial charge in [0.2, 0.25) is 5.91 Å². The van der Waals surface area contributed by atoms with Crippen LogP contribution in [0.4, 0.5) is 0 Å². The average molecular weight is 267 g/mol. The Morgan fingerprint density at radius 2 is 1.89 bits per heavy atom. The maximum absolute atomic E-state index is 12.1. The quantitative estimate of drug-likeness (QED) is 0.811. The number of rotatable bonds is 4. The highest BCUT2D eigenvalue weighted by Crippen LogP contribution is 2.32. The summed E-state index contributed by atoms with van der Waals surface area (Å²) in [5.41, 5.74) is 5.96. The van der Waals surface area contributed by atoms with Crippen molar-refractivity contribution >= 4 is 5.91 Å². The van der Waals surface area contributed by atoms with Crippen LogP contribution in [-0.2, 0) is 4.79 Å². The lowest BCUT2D eigenvalue weighted by atomic mass is 9.82. The van der Waals surface area contributed by atoms with Gasteiger partial charge in [-0.2, -0.15) is 0 Å². The number of fused-ring (bicyclic) bond motifs is 2. The van der Waals surface area contributed by atoms with Crippen LogP contribution < -0.4 is 11.1 Å². The zero-order valence-corrected chi connectivity index (χ0v) is 12.6. The predicted octanol–water partition coefficient (Wildman–Crippen LogP) is 1.49. The third kappa shape index (κ3) is 3.69. The highest BCUT2D eigenvalue weighted by atomic mass is 16.2. The fraction of sp³-hybridized carbons (Fsp3) is 0.933. The molecule has 2 rings (SSSR count). The summed E-state index contributed by atoms with van der Waals surface area (Å²) in [7, 11) is 2.23. The van der Waals surface area contributed by atoms with E-state index in [4.69, 9.17) is 5.73 Å². The molecule has 0 spiro atoms. The molecule has 3 atom stereocenters. The number of carbonyl (C=O) groups is 1. The molecular formula is C15H29N3O. The number of amides is 1.